The molecule has 0 radical (unpaired) electrons. The molecule has 1 aromatic carbocycles. The maximum Gasteiger partial charge on any atom is 0.175 e. The molecule has 1 rings (SSSR count). The summed E-state index contributed by atoms with van der Waals surface area (Å²) in [7, 11) is 0. The summed E-state index contributed by atoms with van der Waals surface area (Å²) in [6.45, 7) is 3.94. The van der Waals surface area contributed by atoms with E-state index in [1.165, 1.54) is 0 Å². The SMILES string of the molecule is Cc1cc(C)cc(/C(Cl)=N/O)c1. The van der Waals surface area contributed by atoms with Crippen LogP contribution in [0.3, 0.4) is 0 Å². The lowest BCUT2D eigenvalue weighted by Crippen LogP contribution is -1.92. The Hall–Kier alpha value is -1.02. The zero-order chi connectivity index (χ0) is 9.14. The van der Waals surface area contributed by atoms with Crippen LogP contribution >= 0.6 is 11.6 Å². The molecule has 12 heavy (non-hydrogen) atoms. The second-order valence-electron chi connectivity index (χ2n) is 2.77. The Kier molecular flexibility index (Phi) is 2.71. The number of oxime groups is 1. The summed E-state index contributed by atoms with van der Waals surface area (Å²) < 4.78 is 0. The molecule has 0 aliphatic carbocycles. The van der Waals surface area contributed by atoms with Crippen LogP contribution in [0.15, 0.2) is 23.4 Å². The molecule has 1 aromatic rings. The molecule has 0 saturated heterocycles. The Morgan fingerprint density at radius 3 is 2.17 bits per heavy atom. The molecule has 0 aliphatic heterocycles. The van der Waals surface area contributed by atoms with E-state index in [1.807, 2.05) is 32.0 Å². The van der Waals surface area contributed by atoms with Crippen LogP contribution in [-0.4, -0.2) is 10.4 Å². The highest BCUT2D eigenvalue weighted by Gasteiger charge is 2.00. The van der Waals surface area contributed by atoms with Crippen molar-refractivity contribution in [3.05, 3.63) is 34.9 Å². The van der Waals surface area contributed by atoms with Gasteiger partial charge in [-0.3, -0.25) is 0 Å². The number of rotatable bonds is 1. The summed E-state index contributed by atoms with van der Waals surface area (Å²) in [5.74, 6) is 0. The van der Waals surface area contributed by atoms with Crippen molar-refractivity contribution in [1.82, 2.24) is 0 Å². The Balaban J connectivity index is 3.17. The topological polar surface area (TPSA) is 32.6 Å². The minimum absolute atomic E-state index is 0.127. The molecule has 0 atom stereocenters. The van der Waals surface area contributed by atoms with E-state index in [0.29, 0.717) is 0 Å². The van der Waals surface area contributed by atoms with Gasteiger partial charge in [0.15, 0.2) is 5.17 Å². The van der Waals surface area contributed by atoms with E-state index in [-0.39, 0.29) is 5.17 Å². The molecule has 3 heteroatoms. The fourth-order valence-electron chi connectivity index (χ4n) is 1.15. The van der Waals surface area contributed by atoms with Crippen molar-refractivity contribution >= 4 is 16.8 Å². The molecule has 0 fully saturated rings. The molecule has 64 valence electrons. The van der Waals surface area contributed by atoms with Gasteiger partial charge in [-0.25, -0.2) is 0 Å². The van der Waals surface area contributed by atoms with Crippen LogP contribution in [0.25, 0.3) is 0 Å². The first kappa shape index (κ1) is 9.07. The first-order valence-corrected chi connectivity index (χ1v) is 3.97. The van der Waals surface area contributed by atoms with Gasteiger partial charge in [0.25, 0.3) is 0 Å². The lowest BCUT2D eigenvalue weighted by Gasteiger charge is -2.00. The van der Waals surface area contributed by atoms with Gasteiger partial charge in [-0.05, 0) is 26.0 Å². The summed E-state index contributed by atoms with van der Waals surface area (Å²) in [5, 5.41) is 11.5. The van der Waals surface area contributed by atoms with Gasteiger partial charge in [0.05, 0.1) is 0 Å². The van der Waals surface area contributed by atoms with E-state index in [0.717, 1.165) is 16.7 Å². The number of benzene rings is 1. The third-order valence-corrected chi connectivity index (χ3v) is 1.84. The molecule has 0 bridgehead atoms. The van der Waals surface area contributed by atoms with Gasteiger partial charge in [0.1, 0.15) is 0 Å². The zero-order valence-corrected chi connectivity index (χ0v) is 7.76. The second kappa shape index (κ2) is 3.59. The second-order valence-corrected chi connectivity index (χ2v) is 3.13. The molecular weight excluding hydrogens is 174 g/mol. The summed E-state index contributed by atoms with van der Waals surface area (Å²) >= 11 is 5.63. The standard InChI is InChI=1S/C9H10ClNO/c1-6-3-7(2)5-8(4-6)9(10)11-12/h3-5,12H,1-2H3/b11-9-. The minimum atomic E-state index is 0.127. The van der Waals surface area contributed by atoms with Gasteiger partial charge in [0.2, 0.25) is 0 Å². The third-order valence-electron chi connectivity index (χ3n) is 1.55. The number of aryl methyl sites for hydroxylation is 2. The average Bonchev–Trinajstić information content (AvgIpc) is 2.01. The van der Waals surface area contributed by atoms with E-state index >= 15 is 0 Å². The van der Waals surface area contributed by atoms with Crippen LogP contribution in [0.5, 0.6) is 0 Å². The summed E-state index contributed by atoms with van der Waals surface area (Å²) in [6, 6.07) is 5.77. The lowest BCUT2D eigenvalue weighted by atomic mass is 10.1. The van der Waals surface area contributed by atoms with Gasteiger partial charge in [0, 0.05) is 5.56 Å². The molecular formula is C9H10ClNO. The minimum Gasteiger partial charge on any atom is -0.410 e. The Bertz CT molecular complexity index is 300. The van der Waals surface area contributed by atoms with Crippen molar-refractivity contribution in [2.45, 2.75) is 13.8 Å². The Morgan fingerprint density at radius 1 is 1.25 bits per heavy atom. The molecule has 2 nitrogen and oxygen atoms in total. The summed E-state index contributed by atoms with van der Waals surface area (Å²) in [4.78, 5) is 0. The molecule has 0 heterocycles. The number of hydrogen-bond donors (Lipinski definition) is 1. The quantitative estimate of drug-likeness (QED) is 0.405. The molecule has 0 aliphatic rings. The van der Waals surface area contributed by atoms with Crippen LogP contribution < -0.4 is 0 Å². The van der Waals surface area contributed by atoms with Crippen molar-refractivity contribution in [2.24, 2.45) is 5.16 Å². The van der Waals surface area contributed by atoms with E-state index < -0.39 is 0 Å². The van der Waals surface area contributed by atoms with Crippen molar-refractivity contribution in [3.63, 3.8) is 0 Å². The van der Waals surface area contributed by atoms with E-state index in [2.05, 4.69) is 5.16 Å². The monoisotopic (exact) mass is 183 g/mol. The van der Waals surface area contributed by atoms with Crippen molar-refractivity contribution in [2.75, 3.05) is 0 Å². The highest BCUT2D eigenvalue weighted by Crippen LogP contribution is 2.11. The van der Waals surface area contributed by atoms with Crippen LogP contribution in [0, 0.1) is 13.8 Å². The Morgan fingerprint density at radius 2 is 1.75 bits per heavy atom. The first-order valence-electron chi connectivity index (χ1n) is 3.59. The maximum absolute atomic E-state index is 8.43. The predicted octanol–water partition coefficient (Wildman–Crippen LogP) is 2.68. The van der Waals surface area contributed by atoms with Crippen LogP contribution in [0.4, 0.5) is 0 Å². The molecule has 0 saturated carbocycles. The van der Waals surface area contributed by atoms with Gasteiger partial charge in [-0.2, -0.15) is 0 Å². The molecule has 0 unspecified atom stereocenters. The lowest BCUT2D eigenvalue weighted by molar-refractivity contribution is 0.321. The fourth-order valence-corrected chi connectivity index (χ4v) is 1.26. The van der Waals surface area contributed by atoms with E-state index in [1.54, 1.807) is 0 Å². The van der Waals surface area contributed by atoms with Gasteiger partial charge in [-0.15, -0.1) is 0 Å². The average molecular weight is 184 g/mol. The number of hydrogen-bond acceptors (Lipinski definition) is 2. The zero-order valence-electron chi connectivity index (χ0n) is 7.00. The number of nitrogens with zero attached hydrogens (tertiary/aromatic N) is 1. The smallest absolute Gasteiger partial charge is 0.175 e. The predicted molar refractivity (Wildman–Crippen MR) is 50.1 cm³/mol. The third kappa shape index (κ3) is 1.98. The van der Waals surface area contributed by atoms with Crippen LogP contribution in [-0.2, 0) is 0 Å². The van der Waals surface area contributed by atoms with Crippen LogP contribution in [0.1, 0.15) is 16.7 Å². The molecule has 1 N–H and O–H groups in total. The van der Waals surface area contributed by atoms with Crippen molar-refractivity contribution in [1.29, 1.82) is 0 Å². The largest absolute Gasteiger partial charge is 0.410 e. The number of halogens is 1. The van der Waals surface area contributed by atoms with Crippen LogP contribution in [0.2, 0.25) is 0 Å². The van der Waals surface area contributed by atoms with Gasteiger partial charge >= 0.3 is 0 Å². The molecule has 0 spiro atoms. The maximum atomic E-state index is 8.43. The highest BCUT2D eigenvalue weighted by molar-refractivity contribution is 6.69. The van der Waals surface area contributed by atoms with Crippen molar-refractivity contribution < 1.29 is 5.21 Å². The van der Waals surface area contributed by atoms with E-state index in [9.17, 15) is 0 Å². The highest BCUT2D eigenvalue weighted by atomic mass is 35.5. The Labute approximate surface area is 76.5 Å². The van der Waals surface area contributed by atoms with Gasteiger partial charge in [-0.1, -0.05) is 33.9 Å². The summed E-state index contributed by atoms with van der Waals surface area (Å²) in [6.07, 6.45) is 0. The first-order chi connectivity index (χ1) is 5.63. The normalized spacial score (nSPS) is 11.8. The van der Waals surface area contributed by atoms with Gasteiger partial charge < -0.3 is 5.21 Å². The molecule has 0 aromatic heterocycles. The fraction of sp³-hybridized carbons (Fsp3) is 0.222. The molecule has 0 amide bonds. The summed E-state index contributed by atoms with van der Waals surface area (Å²) in [5.41, 5.74) is 2.95. The van der Waals surface area contributed by atoms with Crippen molar-refractivity contribution in [3.8, 4) is 0 Å². The van der Waals surface area contributed by atoms with E-state index in [4.69, 9.17) is 16.8 Å².